The molecule has 0 fully saturated rings. The van der Waals surface area contributed by atoms with E-state index in [0.29, 0.717) is 15.8 Å². The fraction of sp³-hybridized carbons (Fsp3) is 0.0667. The Hall–Kier alpha value is -5.32. The molecule has 11 heteroatoms. The normalized spacial score (nSPS) is 11.6. The molecule has 0 saturated carbocycles. The number of alkyl halides is 3. The number of nitrogens with one attached hydrogen (secondary N) is 1. The minimum atomic E-state index is -4.79. The van der Waals surface area contributed by atoms with Gasteiger partial charge in [-0.3, -0.25) is 4.79 Å². The summed E-state index contributed by atoms with van der Waals surface area (Å²) < 4.78 is 57.5. The lowest BCUT2D eigenvalue weighted by Gasteiger charge is -2.11. The largest absolute Gasteiger partial charge is 0.433 e. The van der Waals surface area contributed by atoms with E-state index in [2.05, 4.69) is 15.4 Å². The van der Waals surface area contributed by atoms with E-state index in [1.165, 1.54) is 18.2 Å². The van der Waals surface area contributed by atoms with Gasteiger partial charge >= 0.3 is 6.18 Å². The maximum Gasteiger partial charge on any atom is 0.433 e. The summed E-state index contributed by atoms with van der Waals surface area (Å²) in [5, 5.41) is 11.4. The molecule has 0 saturated heterocycles. The number of halogens is 4. The van der Waals surface area contributed by atoms with Crippen molar-refractivity contribution < 1.29 is 22.4 Å². The van der Waals surface area contributed by atoms with Gasteiger partial charge in [0.2, 0.25) is 0 Å². The Morgan fingerprint density at radius 3 is 2.20 bits per heavy atom. The zero-order valence-electron chi connectivity index (χ0n) is 21.2. The van der Waals surface area contributed by atoms with Gasteiger partial charge in [0.25, 0.3) is 5.91 Å². The van der Waals surface area contributed by atoms with Crippen LogP contribution in [0.1, 0.15) is 21.7 Å². The number of amides is 1. The topological polar surface area (TPSA) is 77.1 Å². The molecule has 7 nitrogen and oxygen atoms in total. The molecule has 6 aromatic rings. The Morgan fingerprint density at radius 1 is 0.829 bits per heavy atom. The highest BCUT2D eigenvalue weighted by molar-refractivity contribution is 5.93. The number of para-hydroxylation sites is 1. The summed E-state index contributed by atoms with van der Waals surface area (Å²) in [5.41, 5.74) is 1.74. The van der Waals surface area contributed by atoms with Crippen molar-refractivity contribution in [2.75, 3.05) is 0 Å². The van der Waals surface area contributed by atoms with Crippen LogP contribution in [0.25, 0.3) is 33.8 Å². The Bertz CT molecular complexity index is 1850. The molecule has 0 aliphatic heterocycles. The number of fused-ring (bicyclic) bond motifs is 1. The van der Waals surface area contributed by atoms with E-state index in [0.717, 1.165) is 29.4 Å². The van der Waals surface area contributed by atoms with Crippen molar-refractivity contribution in [3.63, 3.8) is 0 Å². The van der Waals surface area contributed by atoms with Crippen LogP contribution in [-0.4, -0.2) is 30.3 Å². The number of rotatable bonds is 6. The van der Waals surface area contributed by atoms with Crippen molar-refractivity contribution in [1.82, 2.24) is 29.7 Å². The third kappa shape index (κ3) is 5.29. The molecule has 3 aromatic heterocycles. The summed E-state index contributed by atoms with van der Waals surface area (Å²) >= 11 is 0. The summed E-state index contributed by atoms with van der Waals surface area (Å²) in [7, 11) is 0. The highest BCUT2D eigenvalue weighted by Gasteiger charge is 2.35. The molecule has 0 atom stereocenters. The number of carbonyl (C=O) groups excluding carboxylic acids is 1. The highest BCUT2D eigenvalue weighted by Crippen LogP contribution is 2.32. The summed E-state index contributed by atoms with van der Waals surface area (Å²) in [6.07, 6.45) is -2.99. The van der Waals surface area contributed by atoms with Crippen LogP contribution in [-0.2, 0) is 12.7 Å². The van der Waals surface area contributed by atoms with E-state index >= 15 is 0 Å². The standard InChI is InChI=1S/C30H20F4N6O/c31-22-13-11-19(12-14-22)24-15-26(30(32,33)34)40-27(36-24)16-25(37-40)29(41)35-17-21-18-39(23-9-5-2-6-10-23)38-28(21)20-7-3-1-4-8-20/h1-16,18H,17H2,(H,35,41). The molecule has 41 heavy (non-hydrogen) atoms. The Balaban J connectivity index is 1.32. The molecule has 1 N–H and O–H groups in total. The van der Waals surface area contributed by atoms with Crippen LogP contribution in [0, 0.1) is 5.82 Å². The van der Waals surface area contributed by atoms with Crippen LogP contribution in [0.15, 0.2) is 103 Å². The van der Waals surface area contributed by atoms with Crippen LogP contribution < -0.4 is 5.32 Å². The summed E-state index contributed by atoms with van der Waals surface area (Å²) in [6.45, 7) is 0.0458. The Morgan fingerprint density at radius 2 is 1.51 bits per heavy atom. The van der Waals surface area contributed by atoms with Crippen LogP contribution in [0.2, 0.25) is 0 Å². The number of aromatic nitrogens is 5. The molecule has 0 aliphatic rings. The lowest BCUT2D eigenvalue weighted by Crippen LogP contribution is -2.23. The molecule has 0 bridgehead atoms. The van der Waals surface area contributed by atoms with Gasteiger partial charge in [-0.05, 0) is 42.5 Å². The first-order chi connectivity index (χ1) is 19.8. The van der Waals surface area contributed by atoms with Gasteiger partial charge in [-0.15, -0.1) is 0 Å². The van der Waals surface area contributed by atoms with Gasteiger partial charge in [0.05, 0.1) is 17.1 Å². The molecule has 0 radical (unpaired) electrons. The number of hydrogen-bond donors (Lipinski definition) is 1. The van der Waals surface area contributed by atoms with Gasteiger partial charge in [0, 0.05) is 35.5 Å². The van der Waals surface area contributed by atoms with Crippen molar-refractivity contribution in [2.45, 2.75) is 12.7 Å². The molecule has 3 aromatic carbocycles. The minimum absolute atomic E-state index is 0.0301. The second-order valence-electron chi connectivity index (χ2n) is 9.16. The van der Waals surface area contributed by atoms with Crippen molar-refractivity contribution in [2.24, 2.45) is 0 Å². The molecule has 0 aliphatic carbocycles. The van der Waals surface area contributed by atoms with E-state index in [9.17, 15) is 22.4 Å². The average Bonchev–Trinajstić information content (AvgIpc) is 3.61. The molecular weight excluding hydrogens is 536 g/mol. The van der Waals surface area contributed by atoms with Crippen LogP contribution >= 0.6 is 0 Å². The van der Waals surface area contributed by atoms with Gasteiger partial charge in [-0.2, -0.15) is 23.4 Å². The van der Waals surface area contributed by atoms with Gasteiger partial charge in [0.1, 0.15) is 5.82 Å². The maximum atomic E-state index is 13.9. The predicted molar refractivity (Wildman–Crippen MR) is 144 cm³/mol. The smallest absolute Gasteiger partial charge is 0.346 e. The van der Waals surface area contributed by atoms with Crippen LogP contribution in [0.3, 0.4) is 0 Å². The molecule has 204 valence electrons. The zero-order chi connectivity index (χ0) is 28.6. The average molecular weight is 557 g/mol. The maximum absolute atomic E-state index is 13.9. The first-order valence-electron chi connectivity index (χ1n) is 12.5. The SMILES string of the molecule is O=C(NCc1cn(-c2ccccc2)nc1-c1ccccc1)c1cc2nc(-c3ccc(F)cc3)cc(C(F)(F)F)n2n1. The fourth-order valence-corrected chi connectivity index (χ4v) is 4.41. The van der Waals surface area contributed by atoms with E-state index in [-0.39, 0.29) is 29.1 Å². The highest BCUT2D eigenvalue weighted by atomic mass is 19.4. The predicted octanol–water partition coefficient (Wildman–Crippen LogP) is 6.34. The third-order valence-electron chi connectivity index (χ3n) is 6.39. The van der Waals surface area contributed by atoms with Gasteiger partial charge in [0.15, 0.2) is 17.0 Å². The molecule has 0 spiro atoms. The van der Waals surface area contributed by atoms with Crippen molar-refractivity contribution >= 4 is 11.6 Å². The molecule has 1 amide bonds. The van der Waals surface area contributed by atoms with Crippen molar-refractivity contribution in [1.29, 1.82) is 0 Å². The van der Waals surface area contributed by atoms with Crippen molar-refractivity contribution in [3.05, 3.63) is 126 Å². The third-order valence-corrected chi connectivity index (χ3v) is 6.39. The lowest BCUT2D eigenvalue weighted by atomic mass is 10.1. The first-order valence-corrected chi connectivity index (χ1v) is 12.5. The summed E-state index contributed by atoms with van der Waals surface area (Å²) in [5.74, 6) is -1.21. The van der Waals surface area contributed by atoms with Gasteiger partial charge < -0.3 is 5.32 Å². The van der Waals surface area contributed by atoms with E-state index in [1.54, 1.807) is 10.9 Å². The first kappa shape index (κ1) is 25.9. The summed E-state index contributed by atoms with van der Waals surface area (Å²) in [6, 6.07) is 25.8. The molecular formula is C30H20F4N6O. The Labute approximate surface area is 230 Å². The minimum Gasteiger partial charge on any atom is -0.346 e. The molecule has 3 heterocycles. The Kier molecular flexibility index (Phi) is 6.54. The second-order valence-corrected chi connectivity index (χ2v) is 9.16. The van der Waals surface area contributed by atoms with E-state index in [4.69, 9.17) is 5.10 Å². The van der Waals surface area contributed by atoms with Crippen molar-refractivity contribution in [3.8, 4) is 28.2 Å². The number of hydrogen-bond acceptors (Lipinski definition) is 4. The summed E-state index contributed by atoms with van der Waals surface area (Å²) in [4.78, 5) is 17.3. The molecule has 0 unspecified atom stereocenters. The molecule has 6 rings (SSSR count). The monoisotopic (exact) mass is 556 g/mol. The number of benzene rings is 3. The van der Waals surface area contributed by atoms with Gasteiger partial charge in [-0.1, -0.05) is 48.5 Å². The van der Waals surface area contributed by atoms with Crippen LogP contribution in [0.5, 0.6) is 0 Å². The van der Waals surface area contributed by atoms with Gasteiger partial charge in [-0.25, -0.2) is 18.6 Å². The zero-order valence-corrected chi connectivity index (χ0v) is 21.2. The van der Waals surface area contributed by atoms with E-state index in [1.807, 2.05) is 60.7 Å². The van der Waals surface area contributed by atoms with E-state index < -0.39 is 23.6 Å². The number of nitrogens with zero attached hydrogens (tertiary/aromatic N) is 5. The quantitative estimate of drug-likeness (QED) is 0.243. The second kappa shape index (κ2) is 10.3. The lowest BCUT2D eigenvalue weighted by molar-refractivity contribution is -0.142. The number of carbonyl (C=O) groups is 1. The fourth-order valence-electron chi connectivity index (χ4n) is 4.41. The van der Waals surface area contributed by atoms with Crippen LogP contribution in [0.4, 0.5) is 17.6 Å².